The lowest BCUT2D eigenvalue weighted by molar-refractivity contribution is 0.0696. The molecule has 0 heterocycles. The summed E-state index contributed by atoms with van der Waals surface area (Å²) in [5.41, 5.74) is 4.20. The first-order valence-corrected chi connectivity index (χ1v) is 10.2. The summed E-state index contributed by atoms with van der Waals surface area (Å²) in [6, 6.07) is 20.2. The van der Waals surface area contributed by atoms with Gasteiger partial charge < -0.3 is 14.6 Å². The lowest BCUT2D eigenvalue weighted by Crippen LogP contribution is -2.02. The Morgan fingerprint density at radius 3 is 2.52 bits per heavy atom. The van der Waals surface area contributed by atoms with E-state index in [4.69, 9.17) is 14.6 Å². The summed E-state index contributed by atoms with van der Waals surface area (Å²) in [5, 5.41) is 18.7. The minimum absolute atomic E-state index is 0.179. The van der Waals surface area contributed by atoms with Crippen molar-refractivity contribution in [3.8, 4) is 17.6 Å². The molecule has 0 atom stereocenters. The van der Waals surface area contributed by atoms with Crippen LogP contribution < -0.4 is 9.47 Å². The molecule has 0 radical (unpaired) electrons. The predicted octanol–water partition coefficient (Wildman–Crippen LogP) is 6.11. The van der Waals surface area contributed by atoms with Crippen LogP contribution >= 0.6 is 15.9 Å². The molecule has 0 aliphatic carbocycles. The van der Waals surface area contributed by atoms with E-state index in [1.807, 2.05) is 37.3 Å². The van der Waals surface area contributed by atoms with Crippen molar-refractivity contribution < 1.29 is 19.4 Å². The van der Waals surface area contributed by atoms with Crippen molar-refractivity contribution >= 4 is 33.5 Å². The number of hydrogen-bond acceptors (Lipinski definition) is 4. The third kappa shape index (κ3) is 5.53. The first-order chi connectivity index (χ1) is 14.9. The number of aromatic carboxylic acids is 1. The Kier molecular flexibility index (Phi) is 7.11. The van der Waals surface area contributed by atoms with E-state index in [1.54, 1.807) is 37.5 Å². The van der Waals surface area contributed by atoms with Crippen molar-refractivity contribution in [2.75, 3.05) is 7.11 Å². The van der Waals surface area contributed by atoms with Crippen molar-refractivity contribution in [1.82, 2.24) is 0 Å². The molecule has 0 aliphatic heterocycles. The largest absolute Gasteiger partial charge is 0.493 e. The molecule has 0 saturated heterocycles. The molecule has 0 unspecified atom stereocenters. The summed E-state index contributed by atoms with van der Waals surface area (Å²) in [6.45, 7) is 2.18. The zero-order chi connectivity index (χ0) is 22.4. The SMILES string of the molecule is COc1cc(/C=C(/C#N)c2ccc(C)cc2)cc(Br)c1OCc1cccc(C(=O)O)c1. The predicted molar refractivity (Wildman–Crippen MR) is 123 cm³/mol. The van der Waals surface area contributed by atoms with Gasteiger partial charge in [0.25, 0.3) is 0 Å². The Morgan fingerprint density at radius 2 is 1.87 bits per heavy atom. The number of hydrogen-bond donors (Lipinski definition) is 1. The van der Waals surface area contributed by atoms with E-state index >= 15 is 0 Å². The summed E-state index contributed by atoms with van der Waals surface area (Å²) in [5.74, 6) is 0.00376. The van der Waals surface area contributed by atoms with Gasteiger partial charge in [-0.1, -0.05) is 42.0 Å². The number of halogens is 1. The number of methoxy groups -OCH3 is 1. The fourth-order valence-electron chi connectivity index (χ4n) is 2.99. The van der Waals surface area contributed by atoms with Gasteiger partial charge in [-0.2, -0.15) is 5.26 Å². The molecule has 0 aromatic heterocycles. The number of carboxylic acids is 1. The van der Waals surface area contributed by atoms with Crippen LogP contribution in [0.4, 0.5) is 0 Å². The fraction of sp³-hybridized carbons (Fsp3) is 0.120. The number of benzene rings is 3. The molecule has 1 N–H and O–H groups in total. The topological polar surface area (TPSA) is 79.5 Å². The molecular weight excluding hydrogens is 458 g/mol. The Hall–Kier alpha value is -3.56. The van der Waals surface area contributed by atoms with Crippen molar-refractivity contribution in [3.63, 3.8) is 0 Å². The summed E-state index contributed by atoms with van der Waals surface area (Å²) >= 11 is 3.52. The highest BCUT2D eigenvalue weighted by atomic mass is 79.9. The maximum absolute atomic E-state index is 11.2. The lowest BCUT2D eigenvalue weighted by atomic mass is 10.0. The van der Waals surface area contributed by atoms with Crippen LogP contribution in [0.3, 0.4) is 0 Å². The molecule has 0 fully saturated rings. The standard InChI is InChI=1S/C25H20BrNO4/c1-16-6-8-19(9-7-16)21(14-27)11-18-12-22(26)24(23(13-18)30-2)31-15-17-4-3-5-20(10-17)25(28)29/h3-13H,15H2,1-2H3,(H,28,29)/b21-11-. The van der Waals surface area contributed by atoms with Crippen molar-refractivity contribution in [2.45, 2.75) is 13.5 Å². The number of rotatable bonds is 7. The molecule has 6 heteroatoms. The Bertz CT molecular complexity index is 1180. The quantitative estimate of drug-likeness (QED) is 0.328. The lowest BCUT2D eigenvalue weighted by Gasteiger charge is -2.14. The second kappa shape index (κ2) is 9.96. The second-order valence-electron chi connectivity index (χ2n) is 6.86. The number of nitrogens with zero attached hydrogens (tertiary/aromatic N) is 1. The van der Waals surface area contributed by atoms with E-state index in [-0.39, 0.29) is 12.2 Å². The minimum Gasteiger partial charge on any atom is -0.493 e. The van der Waals surface area contributed by atoms with Gasteiger partial charge >= 0.3 is 5.97 Å². The molecular formula is C25H20BrNO4. The molecule has 0 spiro atoms. The highest BCUT2D eigenvalue weighted by molar-refractivity contribution is 9.10. The molecule has 0 saturated carbocycles. The molecule has 3 aromatic rings. The number of allylic oxidation sites excluding steroid dienone is 1. The van der Waals surface area contributed by atoms with Gasteiger partial charge in [0.2, 0.25) is 0 Å². The average molecular weight is 478 g/mol. The molecule has 3 aromatic carbocycles. The van der Waals surface area contributed by atoms with Gasteiger partial charge in [0.05, 0.1) is 28.8 Å². The number of carboxylic acid groups (broad SMARTS) is 1. The van der Waals surface area contributed by atoms with Gasteiger partial charge in [0.1, 0.15) is 6.61 Å². The second-order valence-corrected chi connectivity index (χ2v) is 7.72. The van der Waals surface area contributed by atoms with Crippen LogP contribution in [0, 0.1) is 18.3 Å². The number of nitriles is 1. The van der Waals surface area contributed by atoms with E-state index in [2.05, 4.69) is 22.0 Å². The van der Waals surface area contributed by atoms with E-state index < -0.39 is 5.97 Å². The van der Waals surface area contributed by atoms with Crippen LogP contribution in [-0.4, -0.2) is 18.2 Å². The van der Waals surface area contributed by atoms with Crippen LogP contribution in [0.5, 0.6) is 11.5 Å². The number of carbonyl (C=O) groups is 1. The molecule has 5 nitrogen and oxygen atoms in total. The van der Waals surface area contributed by atoms with Crippen molar-refractivity contribution in [2.24, 2.45) is 0 Å². The Balaban J connectivity index is 1.88. The van der Waals surface area contributed by atoms with Crippen LogP contribution in [0.15, 0.2) is 65.1 Å². The summed E-state index contributed by atoms with van der Waals surface area (Å²) in [7, 11) is 1.54. The van der Waals surface area contributed by atoms with Gasteiger partial charge in [-0.05, 0) is 69.9 Å². The van der Waals surface area contributed by atoms with Gasteiger partial charge in [-0.25, -0.2) is 4.79 Å². The molecule has 0 bridgehead atoms. The van der Waals surface area contributed by atoms with E-state index in [0.717, 1.165) is 22.3 Å². The maximum atomic E-state index is 11.2. The van der Waals surface area contributed by atoms with Crippen molar-refractivity contribution in [1.29, 1.82) is 5.26 Å². The summed E-state index contributed by atoms with van der Waals surface area (Å²) in [6.07, 6.45) is 1.79. The monoisotopic (exact) mass is 477 g/mol. The highest BCUT2D eigenvalue weighted by Crippen LogP contribution is 2.38. The fourth-order valence-corrected chi connectivity index (χ4v) is 3.57. The Labute approximate surface area is 189 Å². The van der Waals surface area contributed by atoms with Gasteiger partial charge in [0.15, 0.2) is 11.5 Å². The van der Waals surface area contributed by atoms with Gasteiger partial charge in [-0.3, -0.25) is 0 Å². The molecule has 31 heavy (non-hydrogen) atoms. The first kappa shape index (κ1) is 22.1. The normalized spacial score (nSPS) is 11.0. The van der Waals surface area contributed by atoms with E-state index in [9.17, 15) is 10.1 Å². The third-order valence-electron chi connectivity index (χ3n) is 4.60. The van der Waals surface area contributed by atoms with E-state index in [0.29, 0.717) is 21.5 Å². The Morgan fingerprint density at radius 1 is 1.13 bits per heavy atom. The molecule has 0 amide bonds. The van der Waals surface area contributed by atoms with Gasteiger partial charge in [-0.15, -0.1) is 0 Å². The molecule has 3 rings (SSSR count). The molecule has 156 valence electrons. The zero-order valence-electron chi connectivity index (χ0n) is 17.1. The van der Waals surface area contributed by atoms with Crippen LogP contribution in [0.2, 0.25) is 0 Å². The smallest absolute Gasteiger partial charge is 0.335 e. The highest BCUT2D eigenvalue weighted by Gasteiger charge is 2.13. The first-order valence-electron chi connectivity index (χ1n) is 9.42. The van der Waals surface area contributed by atoms with Crippen molar-refractivity contribution in [3.05, 3.63) is 93.0 Å². The number of ether oxygens (including phenoxy) is 2. The van der Waals surface area contributed by atoms with Gasteiger partial charge in [0, 0.05) is 0 Å². The van der Waals surface area contributed by atoms with E-state index in [1.165, 1.54) is 6.07 Å². The summed E-state index contributed by atoms with van der Waals surface area (Å²) < 4.78 is 12.1. The number of aryl methyl sites for hydroxylation is 1. The van der Waals surface area contributed by atoms with Crippen LogP contribution in [0.1, 0.15) is 32.6 Å². The zero-order valence-corrected chi connectivity index (χ0v) is 18.6. The van der Waals surface area contributed by atoms with Crippen LogP contribution in [0.25, 0.3) is 11.6 Å². The minimum atomic E-state index is -0.987. The van der Waals surface area contributed by atoms with Crippen LogP contribution in [-0.2, 0) is 6.61 Å². The average Bonchev–Trinajstić information content (AvgIpc) is 2.77. The molecule has 0 aliphatic rings. The summed E-state index contributed by atoms with van der Waals surface area (Å²) in [4.78, 5) is 11.2. The maximum Gasteiger partial charge on any atom is 0.335 e. The third-order valence-corrected chi connectivity index (χ3v) is 5.19.